The lowest BCUT2D eigenvalue weighted by Gasteiger charge is -2.10. The first-order chi connectivity index (χ1) is 9.02. The van der Waals surface area contributed by atoms with Crippen molar-refractivity contribution in [2.75, 3.05) is 7.11 Å². The number of carbonyl (C=O) groups excluding carboxylic acids is 1. The Morgan fingerprint density at radius 3 is 2.79 bits per heavy atom. The van der Waals surface area contributed by atoms with Crippen LogP contribution < -0.4 is 0 Å². The van der Waals surface area contributed by atoms with Gasteiger partial charge in [-0.2, -0.15) is 0 Å². The number of furan rings is 1. The van der Waals surface area contributed by atoms with Crippen LogP contribution in [0.5, 0.6) is 0 Å². The molecule has 0 saturated heterocycles. The summed E-state index contributed by atoms with van der Waals surface area (Å²) >= 11 is 5.84. The van der Waals surface area contributed by atoms with Gasteiger partial charge >= 0.3 is 5.97 Å². The number of ether oxygens (including phenoxy) is 1. The molecular weight excluding hydrogens is 275 g/mol. The van der Waals surface area contributed by atoms with E-state index in [4.69, 9.17) is 16.0 Å². The summed E-state index contributed by atoms with van der Waals surface area (Å²) in [4.78, 5) is 11.2. The lowest BCUT2D eigenvalue weighted by atomic mass is 10.1. The van der Waals surface area contributed by atoms with Crippen molar-refractivity contribution >= 4 is 17.6 Å². The number of rotatable bonds is 3. The summed E-state index contributed by atoms with van der Waals surface area (Å²) in [6.45, 7) is 0. The molecule has 1 aromatic heterocycles. The summed E-state index contributed by atoms with van der Waals surface area (Å²) in [5.41, 5.74) is 0.286. The first-order valence-corrected chi connectivity index (χ1v) is 5.71. The molecule has 1 atom stereocenters. The lowest BCUT2D eigenvalue weighted by Crippen LogP contribution is -2.01. The molecule has 1 aromatic carbocycles. The second-order valence-electron chi connectivity index (χ2n) is 3.76. The highest BCUT2D eigenvalue weighted by atomic mass is 35.5. The largest absolute Gasteiger partial charge is 0.463 e. The number of benzene rings is 1. The van der Waals surface area contributed by atoms with Crippen LogP contribution in [0.25, 0.3) is 0 Å². The highest BCUT2D eigenvalue weighted by Crippen LogP contribution is 2.29. The van der Waals surface area contributed by atoms with Crippen molar-refractivity contribution in [3.8, 4) is 0 Å². The van der Waals surface area contributed by atoms with Crippen LogP contribution in [0.1, 0.15) is 28.0 Å². The van der Waals surface area contributed by atoms with E-state index in [-0.39, 0.29) is 22.1 Å². The molecule has 100 valence electrons. The molecule has 0 spiro atoms. The highest BCUT2D eigenvalue weighted by molar-refractivity contribution is 6.31. The van der Waals surface area contributed by atoms with Gasteiger partial charge in [-0.25, -0.2) is 9.18 Å². The molecule has 0 aliphatic heterocycles. The molecule has 0 saturated carbocycles. The van der Waals surface area contributed by atoms with Crippen molar-refractivity contribution in [3.05, 3.63) is 58.3 Å². The third-order valence-corrected chi connectivity index (χ3v) is 2.87. The van der Waals surface area contributed by atoms with Gasteiger partial charge < -0.3 is 14.3 Å². The van der Waals surface area contributed by atoms with Crippen LogP contribution in [-0.4, -0.2) is 18.2 Å². The van der Waals surface area contributed by atoms with E-state index in [0.29, 0.717) is 0 Å². The fraction of sp³-hybridized carbons (Fsp3) is 0.154. The summed E-state index contributed by atoms with van der Waals surface area (Å²) < 4.78 is 22.6. The Morgan fingerprint density at radius 1 is 1.42 bits per heavy atom. The van der Waals surface area contributed by atoms with Gasteiger partial charge in [0, 0.05) is 10.6 Å². The van der Waals surface area contributed by atoms with Crippen molar-refractivity contribution < 1.29 is 23.4 Å². The minimum atomic E-state index is -1.19. The van der Waals surface area contributed by atoms with E-state index in [1.54, 1.807) is 0 Å². The molecule has 0 bridgehead atoms. The SMILES string of the molecule is COC(=O)c1ccc(C(O)c2ccc(F)cc2Cl)o1. The van der Waals surface area contributed by atoms with Crippen LogP contribution in [0, 0.1) is 5.82 Å². The number of halogens is 2. The van der Waals surface area contributed by atoms with Gasteiger partial charge in [0.1, 0.15) is 17.7 Å². The van der Waals surface area contributed by atoms with Crippen LogP contribution in [-0.2, 0) is 4.74 Å². The summed E-state index contributed by atoms with van der Waals surface area (Å²) in [6, 6.07) is 6.42. The maximum atomic E-state index is 12.9. The molecule has 2 rings (SSSR count). The molecule has 0 radical (unpaired) electrons. The molecule has 4 nitrogen and oxygen atoms in total. The van der Waals surface area contributed by atoms with E-state index in [2.05, 4.69) is 4.74 Å². The smallest absolute Gasteiger partial charge is 0.373 e. The van der Waals surface area contributed by atoms with Crippen LogP contribution in [0.3, 0.4) is 0 Å². The van der Waals surface area contributed by atoms with Gasteiger partial charge in [0.05, 0.1) is 7.11 Å². The van der Waals surface area contributed by atoms with Crippen LogP contribution in [0.2, 0.25) is 5.02 Å². The van der Waals surface area contributed by atoms with Gasteiger partial charge in [-0.1, -0.05) is 17.7 Å². The zero-order chi connectivity index (χ0) is 14.0. The number of hydrogen-bond acceptors (Lipinski definition) is 4. The first-order valence-electron chi connectivity index (χ1n) is 5.34. The zero-order valence-electron chi connectivity index (χ0n) is 9.89. The number of aliphatic hydroxyl groups is 1. The van der Waals surface area contributed by atoms with Crippen LogP contribution in [0.15, 0.2) is 34.7 Å². The summed E-state index contributed by atoms with van der Waals surface area (Å²) in [7, 11) is 1.22. The quantitative estimate of drug-likeness (QED) is 0.880. The standard InChI is InChI=1S/C13H10ClFO4/c1-18-13(17)11-5-4-10(19-11)12(16)8-3-2-7(15)6-9(8)14/h2-6,12,16H,1H3. The zero-order valence-corrected chi connectivity index (χ0v) is 10.6. The molecule has 1 N–H and O–H groups in total. The molecule has 6 heteroatoms. The normalized spacial score (nSPS) is 12.2. The van der Waals surface area contributed by atoms with E-state index in [0.717, 1.165) is 6.07 Å². The van der Waals surface area contributed by atoms with Crippen LogP contribution >= 0.6 is 11.6 Å². The number of aliphatic hydroxyl groups excluding tert-OH is 1. The van der Waals surface area contributed by atoms with Gasteiger partial charge in [0.2, 0.25) is 5.76 Å². The first kappa shape index (κ1) is 13.6. The van der Waals surface area contributed by atoms with Crippen LogP contribution in [0.4, 0.5) is 4.39 Å². The molecule has 0 aliphatic rings. The minimum absolute atomic E-state index is 0.0326. The number of carbonyl (C=O) groups is 1. The highest BCUT2D eigenvalue weighted by Gasteiger charge is 2.20. The average Bonchev–Trinajstić information content (AvgIpc) is 2.86. The molecule has 1 unspecified atom stereocenters. The predicted molar refractivity (Wildman–Crippen MR) is 65.5 cm³/mol. The fourth-order valence-electron chi connectivity index (χ4n) is 1.59. The van der Waals surface area contributed by atoms with Crippen molar-refractivity contribution in [2.45, 2.75) is 6.10 Å². The molecule has 0 aliphatic carbocycles. The second kappa shape index (κ2) is 5.42. The topological polar surface area (TPSA) is 59.7 Å². The molecule has 2 aromatic rings. The van der Waals surface area contributed by atoms with Crippen molar-refractivity contribution in [3.63, 3.8) is 0 Å². The Morgan fingerprint density at radius 2 is 2.16 bits per heavy atom. The number of esters is 1. The Hall–Kier alpha value is -1.85. The Bertz CT molecular complexity index is 608. The predicted octanol–water partition coefficient (Wildman–Crippen LogP) is 2.94. The van der Waals surface area contributed by atoms with Crippen molar-refractivity contribution in [2.24, 2.45) is 0 Å². The average molecular weight is 285 g/mol. The summed E-state index contributed by atoms with van der Waals surface area (Å²) in [6.07, 6.45) is -1.19. The van der Waals surface area contributed by atoms with E-state index >= 15 is 0 Å². The van der Waals surface area contributed by atoms with Gasteiger partial charge in [-0.15, -0.1) is 0 Å². The molecule has 1 heterocycles. The third kappa shape index (κ3) is 2.77. The Labute approximate surface area is 113 Å². The maximum Gasteiger partial charge on any atom is 0.373 e. The van der Waals surface area contributed by atoms with Gasteiger partial charge in [0.15, 0.2) is 0 Å². The van der Waals surface area contributed by atoms with Gasteiger partial charge in [-0.3, -0.25) is 0 Å². The third-order valence-electron chi connectivity index (χ3n) is 2.54. The van der Waals surface area contributed by atoms with E-state index in [1.165, 1.54) is 31.4 Å². The Balaban J connectivity index is 2.31. The summed E-state index contributed by atoms with van der Waals surface area (Å²) in [5, 5.41) is 10.2. The van der Waals surface area contributed by atoms with E-state index in [9.17, 15) is 14.3 Å². The minimum Gasteiger partial charge on any atom is -0.463 e. The van der Waals surface area contributed by atoms with Crippen molar-refractivity contribution in [1.82, 2.24) is 0 Å². The van der Waals surface area contributed by atoms with Crippen molar-refractivity contribution in [1.29, 1.82) is 0 Å². The monoisotopic (exact) mass is 284 g/mol. The summed E-state index contributed by atoms with van der Waals surface area (Å²) in [5.74, 6) is -1.07. The molecular formula is C13H10ClFO4. The number of hydrogen-bond donors (Lipinski definition) is 1. The maximum absolute atomic E-state index is 12.9. The molecule has 19 heavy (non-hydrogen) atoms. The molecule has 0 fully saturated rings. The van der Waals surface area contributed by atoms with Gasteiger partial charge in [0.25, 0.3) is 0 Å². The van der Waals surface area contributed by atoms with E-state index < -0.39 is 17.9 Å². The molecule has 0 amide bonds. The second-order valence-corrected chi connectivity index (χ2v) is 4.17. The van der Waals surface area contributed by atoms with Gasteiger partial charge in [-0.05, 0) is 24.3 Å². The lowest BCUT2D eigenvalue weighted by molar-refractivity contribution is 0.0558. The number of methoxy groups -OCH3 is 1. The fourth-order valence-corrected chi connectivity index (χ4v) is 1.86. The van der Waals surface area contributed by atoms with E-state index in [1.807, 2.05) is 0 Å². The Kier molecular flexibility index (Phi) is 3.87.